The van der Waals surface area contributed by atoms with Gasteiger partial charge in [0, 0.05) is 37.9 Å². The third kappa shape index (κ3) is 3.18. The number of nitrogens with zero attached hydrogens (tertiary/aromatic N) is 3. The largest absolute Gasteiger partial charge is 0.312 e. The molecule has 106 valence electrons. The average molecular weight is 262 g/mol. The summed E-state index contributed by atoms with van der Waals surface area (Å²) in [5.74, 6) is 0.849. The van der Waals surface area contributed by atoms with E-state index in [4.69, 9.17) is 0 Å². The Hall–Kier alpha value is -0.870. The molecular weight excluding hydrogens is 236 g/mol. The number of aromatic nitrogens is 2. The third-order valence-electron chi connectivity index (χ3n) is 4.46. The van der Waals surface area contributed by atoms with Gasteiger partial charge in [-0.1, -0.05) is 6.92 Å². The van der Waals surface area contributed by atoms with Crippen molar-refractivity contribution in [1.29, 1.82) is 0 Å². The van der Waals surface area contributed by atoms with Gasteiger partial charge < -0.3 is 10.2 Å². The zero-order chi connectivity index (χ0) is 13.2. The molecule has 2 fully saturated rings. The van der Waals surface area contributed by atoms with Crippen molar-refractivity contribution in [2.75, 3.05) is 19.6 Å². The van der Waals surface area contributed by atoms with Crippen LogP contribution in [0.2, 0.25) is 0 Å². The summed E-state index contributed by atoms with van der Waals surface area (Å²) in [6.07, 6.45) is 7.43. The molecule has 1 atom stereocenters. The molecule has 0 aromatic carbocycles. The molecule has 0 bridgehead atoms. The fourth-order valence-electron chi connectivity index (χ4n) is 3.24. The average Bonchev–Trinajstić information content (AvgIpc) is 3.04. The van der Waals surface area contributed by atoms with Crippen LogP contribution in [-0.4, -0.2) is 40.4 Å². The molecule has 1 saturated carbocycles. The molecule has 19 heavy (non-hydrogen) atoms. The molecule has 0 radical (unpaired) electrons. The molecule has 0 amide bonds. The highest BCUT2D eigenvalue weighted by molar-refractivity contribution is 5.16. The van der Waals surface area contributed by atoms with Crippen LogP contribution in [-0.2, 0) is 20.0 Å². The van der Waals surface area contributed by atoms with E-state index in [1.54, 1.807) is 0 Å². The van der Waals surface area contributed by atoms with E-state index in [1.807, 2.05) is 11.7 Å². The minimum absolute atomic E-state index is 0.849. The minimum Gasteiger partial charge on any atom is -0.312 e. The van der Waals surface area contributed by atoms with Crippen LogP contribution in [0.25, 0.3) is 0 Å². The van der Waals surface area contributed by atoms with Crippen LogP contribution in [0.3, 0.4) is 0 Å². The lowest BCUT2D eigenvalue weighted by Crippen LogP contribution is -2.27. The van der Waals surface area contributed by atoms with Crippen molar-refractivity contribution in [1.82, 2.24) is 20.0 Å². The minimum atomic E-state index is 0.849. The number of aryl methyl sites for hydroxylation is 2. The van der Waals surface area contributed by atoms with Crippen molar-refractivity contribution >= 4 is 0 Å². The lowest BCUT2D eigenvalue weighted by Gasteiger charge is -2.15. The molecule has 2 aliphatic rings. The first-order chi connectivity index (χ1) is 9.26. The Balaban J connectivity index is 1.42. The van der Waals surface area contributed by atoms with E-state index in [1.165, 1.54) is 43.6 Å². The van der Waals surface area contributed by atoms with Gasteiger partial charge in [-0.15, -0.1) is 0 Å². The fraction of sp³-hybridized carbons (Fsp3) is 0.800. The van der Waals surface area contributed by atoms with Crippen LogP contribution in [0.5, 0.6) is 0 Å². The predicted octanol–water partition coefficient (Wildman–Crippen LogP) is 1.56. The van der Waals surface area contributed by atoms with Gasteiger partial charge in [-0.05, 0) is 44.7 Å². The molecule has 1 aliphatic heterocycles. The second-order valence-electron chi connectivity index (χ2n) is 6.14. The van der Waals surface area contributed by atoms with Gasteiger partial charge in [0.1, 0.15) is 0 Å². The molecule has 1 N–H and O–H groups in total. The Morgan fingerprint density at radius 3 is 2.95 bits per heavy atom. The lowest BCUT2D eigenvalue weighted by molar-refractivity contribution is 0.312. The number of nitrogens with one attached hydrogen (secondary N) is 1. The van der Waals surface area contributed by atoms with E-state index in [0.717, 1.165) is 31.5 Å². The summed E-state index contributed by atoms with van der Waals surface area (Å²) >= 11 is 0. The van der Waals surface area contributed by atoms with Gasteiger partial charge in [0.05, 0.1) is 5.69 Å². The van der Waals surface area contributed by atoms with Crippen molar-refractivity contribution in [3.05, 3.63) is 17.5 Å². The highest BCUT2D eigenvalue weighted by Gasteiger charge is 2.33. The summed E-state index contributed by atoms with van der Waals surface area (Å²) in [6, 6.07) is 0.940. The monoisotopic (exact) mass is 262 g/mol. The van der Waals surface area contributed by atoms with E-state index >= 15 is 0 Å². The fourth-order valence-corrected chi connectivity index (χ4v) is 3.24. The van der Waals surface area contributed by atoms with Crippen molar-refractivity contribution in [3.8, 4) is 0 Å². The van der Waals surface area contributed by atoms with Gasteiger partial charge in [0.25, 0.3) is 0 Å². The molecule has 1 saturated heterocycles. The Morgan fingerprint density at radius 2 is 2.21 bits per heavy atom. The van der Waals surface area contributed by atoms with E-state index in [9.17, 15) is 0 Å². The van der Waals surface area contributed by atoms with E-state index in [-0.39, 0.29) is 0 Å². The zero-order valence-electron chi connectivity index (χ0n) is 12.2. The normalized spacial score (nSPS) is 24.2. The Labute approximate surface area is 116 Å². The SMILES string of the molecule is CCc1nn(C)cc1CNCC1CCN(C2CC2)C1. The molecule has 2 heterocycles. The maximum absolute atomic E-state index is 4.49. The quantitative estimate of drug-likeness (QED) is 0.844. The van der Waals surface area contributed by atoms with Crippen molar-refractivity contribution in [3.63, 3.8) is 0 Å². The highest BCUT2D eigenvalue weighted by Crippen LogP contribution is 2.31. The zero-order valence-corrected chi connectivity index (χ0v) is 12.2. The van der Waals surface area contributed by atoms with Gasteiger partial charge in [-0.3, -0.25) is 4.68 Å². The van der Waals surface area contributed by atoms with Crippen molar-refractivity contribution in [2.24, 2.45) is 13.0 Å². The Kier molecular flexibility index (Phi) is 3.89. The van der Waals surface area contributed by atoms with E-state index < -0.39 is 0 Å². The number of rotatable bonds is 6. The van der Waals surface area contributed by atoms with Crippen LogP contribution < -0.4 is 5.32 Å². The summed E-state index contributed by atoms with van der Waals surface area (Å²) in [5, 5.41) is 8.12. The summed E-state index contributed by atoms with van der Waals surface area (Å²) in [5.41, 5.74) is 2.60. The number of hydrogen-bond acceptors (Lipinski definition) is 3. The van der Waals surface area contributed by atoms with Crippen LogP contribution in [0, 0.1) is 5.92 Å². The second-order valence-corrected chi connectivity index (χ2v) is 6.14. The summed E-state index contributed by atoms with van der Waals surface area (Å²) < 4.78 is 1.93. The molecule has 3 rings (SSSR count). The first-order valence-electron chi connectivity index (χ1n) is 7.72. The number of likely N-dealkylation sites (tertiary alicyclic amines) is 1. The first-order valence-corrected chi connectivity index (χ1v) is 7.72. The van der Waals surface area contributed by atoms with Gasteiger partial charge >= 0.3 is 0 Å². The molecule has 4 heteroatoms. The summed E-state index contributed by atoms with van der Waals surface area (Å²) in [4.78, 5) is 2.69. The number of hydrogen-bond donors (Lipinski definition) is 1. The molecule has 0 spiro atoms. The van der Waals surface area contributed by atoms with Crippen molar-refractivity contribution < 1.29 is 0 Å². The molecule has 1 aromatic heterocycles. The first kappa shape index (κ1) is 13.1. The predicted molar refractivity (Wildman–Crippen MR) is 77.0 cm³/mol. The molecular formula is C15H26N4. The molecule has 1 unspecified atom stereocenters. The van der Waals surface area contributed by atoms with Gasteiger partial charge in [-0.25, -0.2) is 0 Å². The molecule has 4 nitrogen and oxygen atoms in total. The topological polar surface area (TPSA) is 33.1 Å². The Bertz CT molecular complexity index is 422. The van der Waals surface area contributed by atoms with Crippen LogP contribution in [0.4, 0.5) is 0 Å². The molecule has 1 aromatic rings. The van der Waals surface area contributed by atoms with Crippen molar-refractivity contribution in [2.45, 2.75) is 45.2 Å². The molecule has 1 aliphatic carbocycles. The van der Waals surface area contributed by atoms with Crippen LogP contribution in [0.15, 0.2) is 6.20 Å². The second kappa shape index (κ2) is 5.63. The van der Waals surface area contributed by atoms with E-state index in [0.29, 0.717) is 0 Å². The van der Waals surface area contributed by atoms with Crippen LogP contribution >= 0.6 is 0 Å². The highest BCUT2D eigenvalue weighted by atomic mass is 15.3. The maximum atomic E-state index is 4.49. The van der Waals surface area contributed by atoms with Gasteiger partial charge in [-0.2, -0.15) is 5.10 Å². The van der Waals surface area contributed by atoms with Crippen LogP contribution in [0.1, 0.15) is 37.4 Å². The maximum Gasteiger partial charge on any atom is 0.0666 e. The van der Waals surface area contributed by atoms with Gasteiger partial charge in [0.15, 0.2) is 0 Å². The van der Waals surface area contributed by atoms with E-state index in [2.05, 4.69) is 28.4 Å². The summed E-state index contributed by atoms with van der Waals surface area (Å²) in [6.45, 7) is 6.93. The van der Waals surface area contributed by atoms with Gasteiger partial charge in [0.2, 0.25) is 0 Å². The third-order valence-corrected chi connectivity index (χ3v) is 4.46. The standard InChI is InChI=1S/C15H26N4/c1-3-15-13(11-18(2)17-15)9-16-8-12-6-7-19(10-12)14-4-5-14/h11-12,14,16H,3-10H2,1-2H3. The smallest absolute Gasteiger partial charge is 0.0666 e. The lowest BCUT2D eigenvalue weighted by atomic mass is 10.1. The Morgan fingerprint density at radius 1 is 1.37 bits per heavy atom. The summed E-state index contributed by atoms with van der Waals surface area (Å²) in [7, 11) is 2.01.